The molecule has 1 amide bonds. The van der Waals surface area contributed by atoms with E-state index >= 15 is 0 Å². The van der Waals surface area contributed by atoms with E-state index in [9.17, 15) is 19.1 Å². The summed E-state index contributed by atoms with van der Waals surface area (Å²) in [6.07, 6.45) is 2.37. The molecule has 1 aliphatic rings. The van der Waals surface area contributed by atoms with Gasteiger partial charge in [0, 0.05) is 54.2 Å². The van der Waals surface area contributed by atoms with Crippen molar-refractivity contribution in [3.05, 3.63) is 51.6 Å². The number of amides is 1. The molecule has 31 heavy (non-hydrogen) atoms. The van der Waals surface area contributed by atoms with Gasteiger partial charge in [-0.05, 0) is 24.3 Å². The Morgan fingerprint density at radius 3 is 2.68 bits per heavy atom. The van der Waals surface area contributed by atoms with E-state index in [1.807, 2.05) is 13.8 Å². The highest BCUT2D eigenvalue weighted by Crippen LogP contribution is 2.42. The maximum atomic E-state index is 14.0. The van der Waals surface area contributed by atoms with Gasteiger partial charge >= 0.3 is 0 Å². The lowest BCUT2D eigenvalue weighted by atomic mass is 9.91. The summed E-state index contributed by atoms with van der Waals surface area (Å²) in [7, 11) is 0. The molecule has 2 N–H and O–H groups in total. The Labute approximate surface area is 181 Å². The van der Waals surface area contributed by atoms with E-state index in [0.29, 0.717) is 58.0 Å². The van der Waals surface area contributed by atoms with Crippen molar-refractivity contribution in [2.45, 2.75) is 32.3 Å². The first kappa shape index (κ1) is 20.1. The van der Waals surface area contributed by atoms with E-state index in [1.165, 1.54) is 23.5 Å². The number of aromatic nitrogens is 2. The fourth-order valence-electron chi connectivity index (χ4n) is 4.43. The number of hydrogen-bond donors (Lipinski definition) is 2. The minimum absolute atomic E-state index is 0.0788. The number of aromatic amines is 1. The third-order valence-corrected chi connectivity index (χ3v) is 7.41. The van der Waals surface area contributed by atoms with Crippen LogP contribution in [0, 0.1) is 11.7 Å². The van der Waals surface area contributed by atoms with Crippen molar-refractivity contribution >= 4 is 49.0 Å². The van der Waals surface area contributed by atoms with E-state index in [2.05, 4.69) is 4.98 Å². The maximum Gasteiger partial charge on any atom is 0.256 e. The quantitative estimate of drug-likeness (QED) is 0.464. The zero-order valence-electron chi connectivity index (χ0n) is 17.2. The number of nitrogens with one attached hydrogen (secondary N) is 1. The molecular weight excluding hydrogens is 417 g/mol. The summed E-state index contributed by atoms with van der Waals surface area (Å²) >= 11 is 1.36. The number of halogens is 1. The molecule has 0 bridgehead atoms. The van der Waals surface area contributed by atoms with Crippen molar-refractivity contribution in [1.82, 2.24) is 14.9 Å². The summed E-state index contributed by atoms with van der Waals surface area (Å²) in [6, 6.07) is 6.14. The van der Waals surface area contributed by atoms with Gasteiger partial charge in [0.15, 0.2) is 0 Å². The largest absolute Gasteiger partial charge is 0.383 e. The number of hydrogen-bond acceptors (Lipinski definition) is 5. The minimum atomic E-state index is -1.14. The second kappa shape index (κ2) is 7.10. The number of rotatable bonds is 2. The van der Waals surface area contributed by atoms with Crippen LogP contribution >= 0.6 is 11.3 Å². The van der Waals surface area contributed by atoms with Gasteiger partial charge in [0.1, 0.15) is 16.4 Å². The lowest BCUT2D eigenvalue weighted by Crippen LogP contribution is -2.46. The first-order valence-electron chi connectivity index (χ1n) is 10.3. The van der Waals surface area contributed by atoms with E-state index in [4.69, 9.17) is 4.98 Å². The molecule has 1 fully saturated rings. The summed E-state index contributed by atoms with van der Waals surface area (Å²) < 4.78 is 14.8. The Morgan fingerprint density at radius 2 is 1.97 bits per heavy atom. The van der Waals surface area contributed by atoms with E-state index in [1.54, 1.807) is 23.2 Å². The van der Waals surface area contributed by atoms with Crippen LogP contribution in [0.1, 0.15) is 31.7 Å². The van der Waals surface area contributed by atoms with Gasteiger partial charge in [-0.15, -0.1) is 11.3 Å². The molecule has 1 aliphatic heterocycles. The van der Waals surface area contributed by atoms with Crippen LogP contribution in [0.2, 0.25) is 0 Å². The number of nitrogens with zero attached hydrogens (tertiary/aromatic N) is 2. The minimum Gasteiger partial charge on any atom is -0.383 e. The molecular formula is C23H22FN3O3S. The van der Waals surface area contributed by atoms with Crippen molar-refractivity contribution in [1.29, 1.82) is 0 Å². The maximum absolute atomic E-state index is 14.0. The monoisotopic (exact) mass is 439 g/mol. The topological polar surface area (TPSA) is 86.3 Å². The lowest BCUT2D eigenvalue weighted by Gasteiger charge is -2.37. The number of likely N-dealkylation sites (tertiary alicyclic amines) is 1. The zero-order chi connectivity index (χ0) is 21.9. The number of piperidine rings is 1. The molecule has 8 heteroatoms. The number of H-pyrrole nitrogens is 1. The van der Waals surface area contributed by atoms with Crippen LogP contribution in [0.4, 0.5) is 4.39 Å². The third-order valence-electron chi connectivity index (χ3n) is 6.13. The fraction of sp³-hybridized carbons (Fsp3) is 0.348. The molecule has 5 rings (SSSR count). The number of thiazole rings is 1. The molecule has 0 unspecified atom stereocenters. The lowest BCUT2D eigenvalue weighted by molar-refractivity contribution is -0.139. The van der Waals surface area contributed by atoms with Crippen molar-refractivity contribution in [2.24, 2.45) is 5.92 Å². The fourth-order valence-corrected chi connectivity index (χ4v) is 5.68. The number of pyridine rings is 1. The van der Waals surface area contributed by atoms with E-state index in [-0.39, 0.29) is 17.4 Å². The van der Waals surface area contributed by atoms with Crippen LogP contribution in [0.3, 0.4) is 0 Å². The van der Waals surface area contributed by atoms with Gasteiger partial charge in [-0.25, -0.2) is 9.37 Å². The molecule has 2 aromatic carbocycles. The predicted molar refractivity (Wildman–Crippen MR) is 120 cm³/mol. The van der Waals surface area contributed by atoms with Crippen LogP contribution in [0.15, 0.2) is 35.3 Å². The zero-order valence-corrected chi connectivity index (χ0v) is 18.1. The van der Waals surface area contributed by atoms with Gasteiger partial charge in [0.25, 0.3) is 5.56 Å². The Hall–Kier alpha value is -2.84. The van der Waals surface area contributed by atoms with Crippen molar-refractivity contribution < 1.29 is 14.3 Å². The van der Waals surface area contributed by atoms with Crippen LogP contribution < -0.4 is 5.56 Å². The molecule has 4 aromatic rings. The van der Waals surface area contributed by atoms with E-state index in [0.717, 1.165) is 4.70 Å². The van der Waals surface area contributed by atoms with Crippen molar-refractivity contribution in [3.63, 3.8) is 0 Å². The van der Waals surface area contributed by atoms with E-state index < -0.39 is 11.4 Å². The molecule has 3 heterocycles. The molecule has 2 aromatic heterocycles. The second-order valence-corrected chi connectivity index (χ2v) is 9.49. The Balaban J connectivity index is 1.67. The average Bonchev–Trinajstić information content (AvgIpc) is 3.20. The summed E-state index contributed by atoms with van der Waals surface area (Å²) in [4.78, 5) is 34.1. The smallest absolute Gasteiger partial charge is 0.256 e. The highest BCUT2D eigenvalue weighted by atomic mass is 32.1. The molecule has 0 aliphatic carbocycles. The summed E-state index contributed by atoms with van der Waals surface area (Å²) in [5, 5.41) is 14.3. The van der Waals surface area contributed by atoms with Gasteiger partial charge in [-0.3, -0.25) is 9.59 Å². The highest BCUT2D eigenvalue weighted by Gasteiger charge is 2.38. The number of carbonyl (C=O) groups excluding carboxylic acids is 1. The van der Waals surface area contributed by atoms with Crippen LogP contribution in [0.25, 0.3) is 31.8 Å². The Bertz CT molecular complexity index is 1400. The molecule has 0 atom stereocenters. The summed E-state index contributed by atoms with van der Waals surface area (Å²) in [5.41, 5.74) is -0.775. The van der Waals surface area contributed by atoms with Crippen LogP contribution in [-0.2, 0) is 10.4 Å². The first-order valence-corrected chi connectivity index (χ1v) is 11.1. The average molecular weight is 440 g/mol. The molecule has 160 valence electrons. The van der Waals surface area contributed by atoms with Gasteiger partial charge < -0.3 is 15.0 Å². The molecule has 6 nitrogen and oxygen atoms in total. The molecule has 0 spiro atoms. The van der Waals surface area contributed by atoms with Gasteiger partial charge in [0.2, 0.25) is 5.91 Å². The van der Waals surface area contributed by atoms with Gasteiger partial charge in [-0.1, -0.05) is 13.8 Å². The normalized spacial score (nSPS) is 16.6. The number of aliphatic hydroxyl groups is 1. The highest BCUT2D eigenvalue weighted by molar-refractivity contribution is 7.19. The second-order valence-electron chi connectivity index (χ2n) is 8.49. The van der Waals surface area contributed by atoms with Crippen LogP contribution in [0.5, 0.6) is 0 Å². The third kappa shape index (κ3) is 3.13. The number of fused-ring (bicyclic) bond motifs is 6. The van der Waals surface area contributed by atoms with Crippen LogP contribution in [-0.4, -0.2) is 39.0 Å². The molecule has 1 saturated heterocycles. The number of benzene rings is 2. The Kier molecular flexibility index (Phi) is 4.60. The first-order chi connectivity index (χ1) is 14.8. The predicted octanol–water partition coefficient (Wildman–Crippen LogP) is 3.90. The molecule has 0 radical (unpaired) electrons. The standard InChI is InChI=1S/C23H22FN3O3S/c1-12(2)21(29)27-9-6-23(30,7-10-27)22-26-18-14-4-3-13(24)11-16(14)17-15(19(18)31-22)5-8-25-20(17)28/h3-5,8,11-12,30H,6-7,9-10H2,1-2H3,(H,25,28). The molecule has 0 saturated carbocycles. The SMILES string of the molecule is CC(C)C(=O)N1CCC(O)(c2nc3c4ccc(F)cc4c4c(=O)[nH]ccc4c3s2)CC1. The summed E-state index contributed by atoms with van der Waals surface area (Å²) in [6.45, 7) is 4.68. The van der Waals surface area contributed by atoms with Gasteiger partial charge in [0.05, 0.1) is 15.6 Å². The Morgan fingerprint density at radius 1 is 1.23 bits per heavy atom. The van der Waals surface area contributed by atoms with Crippen molar-refractivity contribution in [3.8, 4) is 0 Å². The number of carbonyl (C=O) groups is 1. The van der Waals surface area contributed by atoms with Gasteiger partial charge in [-0.2, -0.15) is 0 Å². The van der Waals surface area contributed by atoms with Crippen molar-refractivity contribution in [2.75, 3.05) is 13.1 Å². The summed E-state index contributed by atoms with van der Waals surface area (Å²) in [5.74, 6) is -0.415.